The molecule has 1 N–H and O–H groups in total. The molecular weight excluding hydrogens is 174 g/mol. The Bertz CT molecular complexity index is 103. The van der Waals surface area contributed by atoms with Gasteiger partial charge in [-0.15, -0.1) is 12.4 Å². The van der Waals surface area contributed by atoms with Crippen molar-refractivity contribution in [3.8, 4) is 0 Å². The number of rotatable bonds is 3. The molecule has 0 radical (unpaired) electrons. The summed E-state index contributed by atoms with van der Waals surface area (Å²) in [5, 5.41) is 3.32. The van der Waals surface area contributed by atoms with Gasteiger partial charge < -0.3 is 10.1 Å². The summed E-state index contributed by atoms with van der Waals surface area (Å²) >= 11 is 0. The Kier molecular flexibility index (Phi) is 6.81. The highest BCUT2D eigenvalue weighted by molar-refractivity contribution is 5.85. The summed E-state index contributed by atoms with van der Waals surface area (Å²) in [7, 11) is 0. The van der Waals surface area contributed by atoms with E-state index in [4.69, 9.17) is 4.74 Å². The Balaban J connectivity index is 0.00000121. The Hall–Kier alpha value is 0.210. The van der Waals surface area contributed by atoms with Crippen molar-refractivity contribution in [2.24, 2.45) is 5.92 Å². The van der Waals surface area contributed by atoms with Gasteiger partial charge in [0.2, 0.25) is 0 Å². The largest absolute Gasteiger partial charge is 0.378 e. The first kappa shape index (κ1) is 12.2. The average molecular weight is 194 g/mol. The Morgan fingerprint density at radius 2 is 1.92 bits per heavy atom. The summed E-state index contributed by atoms with van der Waals surface area (Å²) in [5.41, 5.74) is 0. The van der Waals surface area contributed by atoms with E-state index in [9.17, 15) is 0 Å². The van der Waals surface area contributed by atoms with E-state index < -0.39 is 0 Å². The van der Waals surface area contributed by atoms with Gasteiger partial charge in [-0.1, -0.05) is 13.8 Å². The minimum Gasteiger partial charge on any atom is -0.378 e. The number of hydrogen-bond acceptors (Lipinski definition) is 2. The quantitative estimate of drug-likeness (QED) is 0.739. The lowest BCUT2D eigenvalue weighted by molar-refractivity contribution is 0.0178. The lowest BCUT2D eigenvalue weighted by Gasteiger charge is -2.23. The fourth-order valence-corrected chi connectivity index (χ4v) is 1.29. The van der Waals surface area contributed by atoms with Crippen molar-refractivity contribution in [1.82, 2.24) is 5.32 Å². The molecule has 3 heteroatoms. The van der Waals surface area contributed by atoms with E-state index in [1.165, 1.54) is 12.8 Å². The first-order chi connectivity index (χ1) is 5.29. The molecule has 0 aromatic heterocycles. The third kappa shape index (κ3) is 4.96. The summed E-state index contributed by atoms with van der Waals surface area (Å²) in [6, 6.07) is 0. The molecule has 0 amide bonds. The lowest BCUT2D eigenvalue weighted by Crippen LogP contribution is -2.33. The zero-order valence-electron chi connectivity index (χ0n) is 8.01. The minimum absolute atomic E-state index is 0. The second-order valence-electron chi connectivity index (χ2n) is 3.68. The van der Waals surface area contributed by atoms with Gasteiger partial charge in [-0.2, -0.15) is 0 Å². The van der Waals surface area contributed by atoms with Crippen molar-refractivity contribution in [3.63, 3.8) is 0 Å². The number of nitrogens with one attached hydrogen (secondary N) is 1. The summed E-state index contributed by atoms with van der Waals surface area (Å²) < 4.78 is 5.70. The molecule has 1 aliphatic heterocycles. The molecule has 1 heterocycles. The highest BCUT2D eigenvalue weighted by Crippen LogP contribution is 2.08. The van der Waals surface area contributed by atoms with Gasteiger partial charge >= 0.3 is 0 Å². The molecule has 0 spiro atoms. The molecule has 0 aromatic rings. The summed E-state index contributed by atoms with van der Waals surface area (Å²) in [6.07, 6.45) is 2.90. The second-order valence-corrected chi connectivity index (χ2v) is 3.68. The van der Waals surface area contributed by atoms with Crippen LogP contribution in [0, 0.1) is 5.92 Å². The van der Waals surface area contributed by atoms with Crippen LogP contribution >= 0.6 is 12.4 Å². The zero-order chi connectivity index (χ0) is 8.10. The Labute approximate surface area is 81.5 Å². The summed E-state index contributed by atoms with van der Waals surface area (Å²) in [6.45, 7) is 7.57. The van der Waals surface area contributed by atoms with Crippen LogP contribution in [0.5, 0.6) is 0 Å². The van der Waals surface area contributed by atoms with Crippen molar-refractivity contribution in [2.75, 3.05) is 19.7 Å². The van der Waals surface area contributed by atoms with E-state index in [2.05, 4.69) is 19.2 Å². The number of hydrogen-bond donors (Lipinski definition) is 1. The van der Waals surface area contributed by atoms with Crippen molar-refractivity contribution >= 4 is 12.4 Å². The van der Waals surface area contributed by atoms with E-state index in [1.807, 2.05) is 0 Å². The maximum atomic E-state index is 5.70. The van der Waals surface area contributed by atoms with Crippen LogP contribution in [0.1, 0.15) is 26.7 Å². The van der Waals surface area contributed by atoms with Crippen LogP contribution in [0.2, 0.25) is 0 Å². The van der Waals surface area contributed by atoms with Gasteiger partial charge in [0.1, 0.15) is 0 Å². The third-order valence-corrected chi connectivity index (χ3v) is 1.95. The van der Waals surface area contributed by atoms with Crippen LogP contribution in [-0.2, 0) is 4.74 Å². The molecule has 1 rings (SSSR count). The van der Waals surface area contributed by atoms with Gasteiger partial charge in [-0.3, -0.25) is 0 Å². The maximum absolute atomic E-state index is 5.70. The third-order valence-electron chi connectivity index (χ3n) is 1.95. The zero-order valence-corrected chi connectivity index (χ0v) is 8.82. The molecule has 0 atom stereocenters. The smallest absolute Gasteiger partial charge is 0.0599 e. The fraction of sp³-hybridized carbons (Fsp3) is 1.00. The first-order valence-electron chi connectivity index (χ1n) is 4.61. The predicted molar refractivity (Wildman–Crippen MR) is 53.9 cm³/mol. The summed E-state index contributed by atoms with van der Waals surface area (Å²) in [4.78, 5) is 0. The minimum atomic E-state index is 0. The van der Waals surface area contributed by atoms with Gasteiger partial charge in [-0.25, -0.2) is 0 Å². The van der Waals surface area contributed by atoms with Gasteiger partial charge in [0.25, 0.3) is 0 Å². The van der Waals surface area contributed by atoms with Crippen molar-refractivity contribution in [2.45, 2.75) is 32.8 Å². The number of halogens is 1. The number of piperidine rings is 1. The standard InChI is InChI=1S/C9H19NO.ClH/c1-8(2)7-11-9-3-5-10-6-4-9;/h8-10H,3-7H2,1-2H3;1H. The molecule has 2 nitrogen and oxygen atoms in total. The molecule has 0 aliphatic carbocycles. The van der Waals surface area contributed by atoms with Gasteiger partial charge in [-0.05, 0) is 31.8 Å². The van der Waals surface area contributed by atoms with Crippen LogP contribution in [0.4, 0.5) is 0 Å². The molecule has 1 aliphatic rings. The van der Waals surface area contributed by atoms with Gasteiger partial charge in [0.05, 0.1) is 6.10 Å². The van der Waals surface area contributed by atoms with Gasteiger partial charge in [0.15, 0.2) is 0 Å². The molecule has 0 saturated carbocycles. The predicted octanol–water partition coefficient (Wildman–Crippen LogP) is 1.83. The van der Waals surface area contributed by atoms with E-state index in [0.717, 1.165) is 19.7 Å². The Morgan fingerprint density at radius 1 is 1.33 bits per heavy atom. The highest BCUT2D eigenvalue weighted by atomic mass is 35.5. The molecular formula is C9H20ClNO. The summed E-state index contributed by atoms with van der Waals surface area (Å²) in [5.74, 6) is 0.671. The maximum Gasteiger partial charge on any atom is 0.0599 e. The van der Waals surface area contributed by atoms with E-state index in [-0.39, 0.29) is 12.4 Å². The van der Waals surface area contributed by atoms with Crippen molar-refractivity contribution in [3.05, 3.63) is 0 Å². The Morgan fingerprint density at radius 3 is 2.42 bits per heavy atom. The topological polar surface area (TPSA) is 21.3 Å². The molecule has 12 heavy (non-hydrogen) atoms. The van der Waals surface area contributed by atoms with Crippen LogP contribution in [0.25, 0.3) is 0 Å². The molecule has 1 saturated heterocycles. The number of ether oxygens (including phenoxy) is 1. The average Bonchev–Trinajstić information content (AvgIpc) is 2.03. The first-order valence-corrected chi connectivity index (χ1v) is 4.61. The fourth-order valence-electron chi connectivity index (χ4n) is 1.29. The SMILES string of the molecule is CC(C)COC1CCNCC1.Cl. The van der Waals surface area contributed by atoms with Crippen molar-refractivity contribution in [1.29, 1.82) is 0 Å². The molecule has 1 fully saturated rings. The van der Waals surface area contributed by atoms with Crippen LogP contribution in [0.15, 0.2) is 0 Å². The molecule has 74 valence electrons. The lowest BCUT2D eigenvalue weighted by atomic mass is 10.1. The van der Waals surface area contributed by atoms with E-state index in [0.29, 0.717) is 12.0 Å². The molecule has 0 aromatic carbocycles. The monoisotopic (exact) mass is 193 g/mol. The van der Waals surface area contributed by atoms with E-state index >= 15 is 0 Å². The molecule has 0 bridgehead atoms. The van der Waals surface area contributed by atoms with Gasteiger partial charge in [0, 0.05) is 6.61 Å². The van der Waals surface area contributed by atoms with Crippen molar-refractivity contribution < 1.29 is 4.74 Å². The van der Waals surface area contributed by atoms with Crippen LogP contribution in [0.3, 0.4) is 0 Å². The van der Waals surface area contributed by atoms with E-state index in [1.54, 1.807) is 0 Å². The van der Waals surface area contributed by atoms with Crippen LogP contribution < -0.4 is 5.32 Å². The highest BCUT2D eigenvalue weighted by Gasteiger charge is 2.12. The normalized spacial score (nSPS) is 19.2. The molecule has 0 unspecified atom stereocenters. The van der Waals surface area contributed by atoms with Crippen LogP contribution in [-0.4, -0.2) is 25.8 Å². The second kappa shape index (κ2) is 6.70.